The van der Waals surface area contributed by atoms with Crippen molar-refractivity contribution < 1.29 is 4.79 Å². The third-order valence-corrected chi connectivity index (χ3v) is 5.71. The Hall–Kier alpha value is -2.87. The monoisotopic (exact) mass is 441 g/mol. The standard InChI is InChI=1S/C24H35N5O3/c1-4-5-13-28-22(25)21(23(31)26-24(28)32)29(15-18-9-7-6-8-10-18)20(30)16-27(14-17(2)3)19-11-12-19/h6-10,17,19H,4-5,11-16,25H2,1-3H3,(H,26,31,32). The molecule has 174 valence electrons. The number of aromatic nitrogens is 2. The van der Waals surface area contributed by atoms with Crippen LogP contribution in [-0.2, 0) is 17.9 Å². The number of hydrogen-bond acceptors (Lipinski definition) is 5. The normalized spacial score (nSPS) is 13.7. The smallest absolute Gasteiger partial charge is 0.330 e. The molecule has 1 amide bonds. The Kier molecular flexibility index (Phi) is 7.90. The number of carbonyl (C=O) groups is 1. The maximum Gasteiger partial charge on any atom is 0.330 e. The lowest BCUT2D eigenvalue weighted by Gasteiger charge is -2.29. The molecule has 32 heavy (non-hydrogen) atoms. The molecule has 8 heteroatoms. The lowest BCUT2D eigenvalue weighted by Crippen LogP contribution is -2.46. The van der Waals surface area contributed by atoms with E-state index in [1.165, 1.54) is 9.47 Å². The van der Waals surface area contributed by atoms with Gasteiger partial charge in [-0.3, -0.25) is 28.9 Å². The van der Waals surface area contributed by atoms with Gasteiger partial charge in [-0.25, -0.2) is 4.79 Å². The van der Waals surface area contributed by atoms with E-state index in [1.54, 1.807) is 0 Å². The van der Waals surface area contributed by atoms with Gasteiger partial charge in [0.2, 0.25) is 5.91 Å². The van der Waals surface area contributed by atoms with E-state index < -0.39 is 11.2 Å². The van der Waals surface area contributed by atoms with Gasteiger partial charge in [0.1, 0.15) is 5.82 Å². The lowest BCUT2D eigenvalue weighted by atomic mass is 10.2. The number of H-pyrrole nitrogens is 1. The lowest BCUT2D eigenvalue weighted by molar-refractivity contribution is -0.120. The molecule has 1 aromatic carbocycles. The van der Waals surface area contributed by atoms with Crippen LogP contribution in [0.2, 0.25) is 0 Å². The first-order valence-electron chi connectivity index (χ1n) is 11.5. The van der Waals surface area contributed by atoms with Crippen molar-refractivity contribution in [1.82, 2.24) is 14.5 Å². The zero-order chi connectivity index (χ0) is 23.3. The molecule has 0 saturated heterocycles. The number of hydrogen-bond donors (Lipinski definition) is 2. The van der Waals surface area contributed by atoms with Gasteiger partial charge in [0.05, 0.1) is 13.1 Å². The summed E-state index contributed by atoms with van der Waals surface area (Å²) in [5, 5.41) is 0. The van der Waals surface area contributed by atoms with Gasteiger partial charge in [-0.2, -0.15) is 0 Å². The van der Waals surface area contributed by atoms with Crippen molar-refractivity contribution in [2.24, 2.45) is 5.92 Å². The van der Waals surface area contributed by atoms with Crippen LogP contribution in [-0.4, -0.2) is 39.5 Å². The van der Waals surface area contributed by atoms with E-state index in [0.717, 1.165) is 37.8 Å². The number of carbonyl (C=O) groups excluding carboxylic acids is 1. The second-order valence-electron chi connectivity index (χ2n) is 9.02. The molecule has 1 saturated carbocycles. The second kappa shape index (κ2) is 10.6. The maximum absolute atomic E-state index is 13.6. The minimum atomic E-state index is -0.633. The molecule has 8 nitrogen and oxygen atoms in total. The van der Waals surface area contributed by atoms with Crippen molar-refractivity contribution in [2.75, 3.05) is 23.7 Å². The van der Waals surface area contributed by atoms with Gasteiger partial charge < -0.3 is 5.73 Å². The molecule has 0 atom stereocenters. The van der Waals surface area contributed by atoms with Crippen molar-refractivity contribution in [3.05, 3.63) is 56.7 Å². The van der Waals surface area contributed by atoms with Crippen molar-refractivity contribution in [1.29, 1.82) is 0 Å². The summed E-state index contributed by atoms with van der Waals surface area (Å²) >= 11 is 0. The van der Waals surface area contributed by atoms with E-state index in [1.807, 2.05) is 37.3 Å². The van der Waals surface area contributed by atoms with Crippen molar-refractivity contribution in [3.63, 3.8) is 0 Å². The number of nitrogens with one attached hydrogen (secondary N) is 1. The van der Waals surface area contributed by atoms with Crippen molar-refractivity contribution >= 4 is 17.4 Å². The summed E-state index contributed by atoms with van der Waals surface area (Å²) in [6.07, 6.45) is 3.79. The molecule has 1 heterocycles. The van der Waals surface area contributed by atoms with Gasteiger partial charge in [-0.1, -0.05) is 57.5 Å². The Balaban J connectivity index is 2.00. The zero-order valence-electron chi connectivity index (χ0n) is 19.3. The molecular formula is C24H35N5O3. The predicted octanol–water partition coefficient (Wildman–Crippen LogP) is 2.57. The Bertz CT molecular complexity index is 1020. The van der Waals surface area contributed by atoms with Crippen LogP contribution in [0.5, 0.6) is 0 Å². The molecule has 1 aliphatic carbocycles. The topological polar surface area (TPSA) is 104 Å². The molecule has 0 radical (unpaired) electrons. The number of aromatic amines is 1. The highest BCUT2D eigenvalue weighted by Crippen LogP contribution is 2.28. The van der Waals surface area contributed by atoms with Crippen LogP contribution >= 0.6 is 0 Å². The largest absolute Gasteiger partial charge is 0.383 e. The van der Waals surface area contributed by atoms with E-state index in [9.17, 15) is 14.4 Å². The molecule has 0 unspecified atom stereocenters. The maximum atomic E-state index is 13.6. The molecule has 3 N–H and O–H groups in total. The summed E-state index contributed by atoms with van der Waals surface area (Å²) in [4.78, 5) is 44.8. The summed E-state index contributed by atoms with van der Waals surface area (Å²) in [5.74, 6) is 0.271. The van der Waals surface area contributed by atoms with Gasteiger partial charge in [0.25, 0.3) is 5.56 Å². The summed E-state index contributed by atoms with van der Waals surface area (Å²) in [6.45, 7) is 7.90. The Morgan fingerprint density at radius 2 is 1.91 bits per heavy atom. The molecule has 1 aromatic heterocycles. The average molecular weight is 442 g/mol. The molecule has 2 aromatic rings. The average Bonchev–Trinajstić information content (AvgIpc) is 3.58. The van der Waals surface area contributed by atoms with Gasteiger partial charge in [-0.15, -0.1) is 0 Å². The van der Waals surface area contributed by atoms with Crippen molar-refractivity contribution in [2.45, 2.75) is 65.6 Å². The summed E-state index contributed by atoms with van der Waals surface area (Å²) in [5.41, 5.74) is 6.09. The zero-order valence-corrected chi connectivity index (χ0v) is 19.3. The van der Waals surface area contributed by atoms with Gasteiger partial charge >= 0.3 is 5.69 Å². The number of nitrogens with zero attached hydrogens (tertiary/aromatic N) is 3. The van der Waals surface area contributed by atoms with Crippen LogP contribution in [0.3, 0.4) is 0 Å². The van der Waals surface area contributed by atoms with Crippen LogP contribution in [0.25, 0.3) is 0 Å². The quantitative estimate of drug-likeness (QED) is 0.558. The van der Waals surface area contributed by atoms with Crippen LogP contribution in [0.4, 0.5) is 11.5 Å². The van der Waals surface area contributed by atoms with Crippen LogP contribution in [0.1, 0.15) is 52.0 Å². The molecular weight excluding hydrogens is 406 g/mol. The summed E-state index contributed by atoms with van der Waals surface area (Å²) in [6, 6.07) is 9.91. The molecule has 0 aliphatic heterocycles. The Morgan fingerprint density at radius 3 is 2.50 bits per heavy atom. The number of anilines is 2. The molecule has 1 aliphatic rings. The van der Waals surface area contributed by atoms with E-state index in [4.69, 9.17) is 5.73 Å². The van der Waals surface area contributed by atoms with E-state index in [0.29, 0.717) is 18.5 Å². The first kappa shape index (κ1) is 23.8. The van der Waals surface area contributed by atoms with E-state index in [2.05, 4.69) is 23.7 Å². The third-order valence-electron chi connectivity index (χ3n) is 5.71. The summed E-state index contributed by atoms with van der Waals surface area (Å²) < 4.78 is 1.36. The first-order chi connectivity index (χ1) is 15.3. The number of rotatable bonds is 11. The fourth-order valence-electron chi connectivity index (χ4n) is 3.94. The number of benzene rings is 1. The van der Waals surface area contributed by atoms with Gasteiger partial charge in [-0.05, 0) is 30.7 Å². The molecule has 0 spiro atoms. The highest BCUT2D eigenvalue weighted by molar-refractivity contribution is 5.96. The Labute approximate surface area is 189 Å². The highest BCUT2D eigenvalue weighted by Gasteiger charge is 2.33. The van der Waals surface area contributed by atoms with E-state index >= 15 is 0 Å². The SMILES string of the molecule is CCCCn1c(N)c(N(Cc2ccccc2)C(=O)CN(CC(C)C)C2CC2)c(=O)[nH]c1=O. The van der Waals surface area contributed by atoms with Gasteiger partial charge in [0, 0.05) is 19.1 Å². The van der Waals surface area contributed by atoms with Crippen LogP contribution < -0.4 is 21.9 Å². The minimum Gasteiger partial charge on any atom is -0.383 e. The number of unbranched alkanes of at least 4 members (excludes halogenated alkanes) is 1. The fourth-order valence-corrected chi connectivity index (χ4v) is 3.94. The van der Waals surface area contributed by atoms with E-state index in [-0.39, 0.29) is 30.5 Å². The molecule has 0 bridgehead atoms. The minimum absolute atomic E-state index is 0.0401. The summed E-state index contributed by atoms with van der Waals surface area (Å²) in [7, 11) is 0. The van der Waals surface area contributed by atoms with Crippen molar-refractivity contribution in [3.8, 4) is 0 Å². The van der Waals surface area contributed by atoms with Crippen LogP contribution in [0, 0.1) is 5.92 Å². The first-order valence-corrected chi connectivity index (χ1v) is 11.5. The third kappa shape index (κ3) is 5.88. The highest BCUT2D eigenvalue weighted by atomic mass is 16.2. The van der Waals surface area contributed by atoms with Crippen LogP contribution in [0.15, 0.2) is 39.9 Å². The fraction of sp³-hybridized carbons (Fsp3) is 0.542. The molecule has 3 rings (SSSR count). The van der Waals surface area contributed by atoms with Gasteiger partial charge in [0.15, 0.2) is 5.69 Å². The second-order valence-corrected chi connectivity index (χ2v) is 9.02. The number of amides is 1. The number of nitrogens with two attached hydrogens (primary N) is 1. The predicted molar refractivity (Wildman–Crippen MR) is 128 cm³/mol. The molecule has 1 fully saturated rings. The number of nitrogen functional groups attached to an aromatic ring is 1. The Morgan fingerprint density at radius 1 is 1.22 bits per heavy atom.